The van der Waals surface area contributed by atoms with Crippen molar-refractivity contribution >= 4 is 10.9 Å². The summed E-state index contributed by atoms with van der Waals surface area (Å²) in [5, 5.41) is 10.9. The molecular weight excluding hydrogens is 210 g/mol. The Balaban J connectivity index is 2.10. The minimum absolute atomic E-state index is 0.403. The summed E-state index contributed by atoms with van der Waals surface area (Å²) in [4.78, 5) is 0. The molecule has 1 aliphatic carbocycles. The molecule has 1 heterocycles. The number of hydrogen-bond donors (Lipinski definition) is 1. The van der Waals surface area contributed by atoms with E-state index < -0.39 is 0 Å². The van der Waals surface area contributed by atoms with Crippen molar-refractivity contribution in [2.75, 3.05) is 0 Å². The minimum atomic E-state index is 0.403. The predicted octanol–water partition coefficient (Wildman–Crippen LogP) is 3.93. The average molecular weight is 229 g/mol. The van der Waals surface area contributed by atoms with Gasteiger partial charge in [0.2, 0.25) is 0 Å². The lowest BCUT2D eigenvalue weighted by Crippen LogP contribution is -2.08. The standard InChI is InChI=1S/C15H19NO/c1-16-13-8-5-9-15(17)12(13)10-14(16)11-6-3-2-4-7-11/h5,8-11,17H,2-4,6-7H2,1H3. The Morgan fingerprint density at radius 1 is 1.18 bits per heavy atom. The second-order valence-corrected chi connectivity index (χ2v) is 5.17. The SMILES string of the molecule is Cn1c(C2CCCCC2)cc2c(O)cccc21. The Hall–Kier alpha value is -1.44. The second-order valence-electron chi connectivity index (χ2n) is 5.17. The van der Waals surface area contributed by atoms with E-state index in [0.717, 1.165) is 10.9 Å². The molecule has 0 bridgehead atoms. The summed E-state index contributed by atoms with van der Waals surface area (Å²) in [6, 6.07) is 7.96. The van der Waals surface area contributed by atoms with Crippen molar-refractivity contribution in [2.24, 2.45) is 7.05 Å². The summed E-state index contributed by atoms with van der Waals surface area (Å²) in [7, 11) is 2.12. The molecule has 0 saturated heterocycles. The van der Waals surface area contributed by atoms with Gasteiger partial charge in [-0.3, -0.25) is 0 Å². The number of phenols is 1. The number of benzene rings is 1. The maximum absolute atomic E-state index is 9.89. The van der Waals surface area contributed by atoms with Gasteiger partial charge in [0.05, 0.1) is 5.52 Å². The highest BCUT2D eigenvalue weighted by Gasteiger charge is 2.20. The van der Waals surface area contributed by atoms with Crippen molar-refractivity contribution in [2.45, 2.75) is 38.0 Å². The van der Waals surface area contributed by atoms with E-state index in [-0.39, 0.29) is 0 Å². The summed E-state index contributed by atoms with van der Waals surface area (Å²) in [6.45, 7) is 0. The molecule has 2 aromatic rings. The molecule has 1 saturated carbocycles. The van der Waals surface area contributed by atoms with E-state index in [9.17, 15) is 5.11 Å². The minimum Gasteiger partial charge on any atom is -0.507 e. The Morgan fingerprint density at radius 2 is 1.94 bits per heavy atom. The zero-order valence-electron chi connectivity index (χ0n) is 10.3. The van der Waals surface area contributed by atoms with Gasteiger partial charge in [0, 0.05) is 18.1 Å². The van der Waals surface area contributed by atoms with Crippen molar-refractivity contribution in [3.05, 3.63) is 30.0 Å². The Labute approximate surface area is 102 Å². The molecule has 0 atom stereocenters. The molecule has 0 aliphatic heterocycles. The number of phenolic OH excluding ortho intramolecular Hbond substituents is 1. The number of aryl methyl sites for hydroxylation is 1. The summed E-state index contributed by atoms with van der Waals surface area (Å²) in [5.41, 5.74) is 2.53. The van der Waals surface area contributed by atoms with Crippen LogP contribution >= 0.6 is 0 Å². The molecule has 1 aliphatic rings. The van der Waals surface area contributed by atoms with Crippen LogP contribution in [0.3, 0.4) is 0 Å². The van der Waals surface area contributed by atoms with Crippen LogP contribution in [-0.2, 0) is 7.05 Å². The summed E-state index contributed by atoms with van der Waals surface area (Å²) in [5.74, 6) is 1.08. The summed E-state index contributed by atoms with van der Waals surface area (Å²) >= 11 is 0. The fourth-order valence-corrected chi connectivity index (χ4v) is 3.16. The second kappa shape index (κ2) is 4.10. The van der Waals surface area contributed by atoms with Crippen molar-refractivity contribution in [3.8, 4) is 5.75 Å². The van der Waals surface area contributed by atoms with Crippen LogP contribution in [0.15, 0.2) is 24.3 Å². The molecule has 90 valence electrons. The van der Waals surface area contributed by atoms with Crippen molar-refractivity contribution in [1.82, 2.24) is 4.57 Å². The smallest absolute Gasteiger partial charge is 0.124 e. The van der Waals surface area contributed by atoms with E-state index in [4.69, 9.17) is 0 Å². The van der Waals surface area contributed by atoms with Crippen molar-refractivity contribution in [1.29, 1.82) is 0 Å². The number of aromatic nitrogens is 1. The lowest BCUT2D eigenvalue weighted by atomic mass is 9.87. The van der Waals surface area contributed by atoms with E-state index in [1.54, 1.807) is 6.07 Å². The number of aromatic hydroxyl groups is 1. The van der Waals surface area contributed by atoms with Gasteiger partial charge in [-0.15, -0.1) is 0 Å². The fraction of sp³-hybridized carbons (Fsp3) is 0.467. The lowest BCUT2D eigenvalue weighted by molar-refractivity contribution is 0.430. The molecular formula is C15H19NO. The van der Waals surface area contributed by atoms with Crippen LogP contribution in [-0.4, -0.2) is 9.67 Å². The van der Waals surface area contributed by atoms with Crippen LogP contribution in [0.5, 0.6) is 5.75 Å². The zero-order valence-corrected chi connectivity index (χ0v) is 10.3. The van der Waals surface area contributed by atoms with Gasteiger partial charge < -0.3 is 9.67 Å². The molecule has 0 spiro atoms. The van der Waals surface area contributed by atoms with Gasteiger partial charge in [-0.25, -0.2) is 0 Å². The van der Waals surface area contributed by atoms with Crippen LogP contribution in [0, 0.1) is 0 Å². The fourth-order valence-electron chi connectivity index (χ4n) is 3.16. The molecule has 2 heteroatoms. The van der Waals surface area contributed by atoms with E-state index in [1.165, 1.54) is 37.8 Å². The number of rotatable bonds is 1. The highest BCUT2D eigenvalue weighted by Crippen LogP contribution is 2.37. The third-order valence-electron chi connectivity index (χ3n) is 4.12. The summed E-state index contributed by atoms with van der Waals surface area (Å²) in [6.07, 6.45) is 6.66. The van der Waals surface area contributed by atoms with Crippen LogP contribution in [0.1, 0.15) is 43.7 Å². The number of nitrogens with zero attached hydrogens (tertiary/aromatic N) is 1. The van der Waals surface area contributed by atoms with Crippen molar-refractivity contribution in [3.63, 3.8) is 0 Å². The van der Waals surface area contributed by atoms with E-state index in [1.807, 2.05) is 6.07 Å². The third kappa shape index (κ3) is 1.72. The Morgan fingerprint density at radius 3 is 2.65 bits per heavy atom. The number of fused-ring (bicyclic) bond motifs is 1. The van der Waals surface area contributed by atoms with Crippen LogP contribution in [0.4, 0.5) is 0 Å². The quantitative estimate of drug-likeness (QED) is 0.787. The van der Waals surface area contributed by atoms with E-state index >= 15 is 0 Å². The lowest BCUT2D eigenvalue weighted by Gasteiger charge is -2.22. The molecule has 1 fully saturated rings. The Kier molecular flexibility index (Phi) is 2.58. The molecule has 0 unspecified atom stereocenters. The molecule has 2 nitrogen and oxygen atoms in total. The molecule has 0 amide bonds. The third-order valence-corrected chi connectivity index (χ3v) is 4.12. The first-order valence-electron chi connectivity index (χ1n) is 6.54. The maximum atomic E-state index is 9.89. The first-order chi connectivity index (χ1) is 8.27. The average Bonchev–Trinajstić information content (AvgIpc) is 2.70. The van der Waals surface area contributed by atoms with Gasteiger partial charge in [-0.2, -0.15) is 0 Å². The molecule has 17 heavy (non-hydrogen) atoms. The first kappa shape index (κ1) is 10.7. The summed E-state index contributed by atoms with van der Waals surface area (Å²) < 4.78 is 2.26. The van der Waals surface area contributed by atoms with Crippen LogP contribution in [0.2, 0.25) is 0 Å². The van der Waals surface area contributed by atoms with Gasteiger partial charge >= 0.3 is 0 Å². The molecule has 0 radical (unpaired) electrons. The van der Waals surface area contributed by atoms with Gasteiger partial charge in [0.1, 0.15) is 5.75 Å². The van der Waals surface area contributed by atoms with Gasteiger partial charge in [0.15, 0.2) is 0 Å². The number of hydrogen-bond acceptors (Lipinski definition) is 1. The molecule has 1 aromatic carbocycles. The highest BCUT2D eigenvalue weighted by atomic mass is 16.3. The van der Waals surface area contributed by atoms with Crippen molar-refractivity contribution < 1.29 is 5.11 Å². The largest absolute Gasteiger partial charge is 0.507 e. The van der Waals surface area contributed by atoms with Gasteiger partial charge in [-0.05, 0) is 37.0 Å². The molecule has 1 aromatic heterocycles. The topological polar surface area (TPSA) is 25.2 Å². The van der Waals surface area contributed by atoms with Gasteiger partial charge in [0.25, 0.3) is 0 Å². The predicted molar refractivity (Wildman–Crippen MR) is 70.4 cm³/mol. The zero-order chi connectivity index (χ0) is 11.8. The van der Waals surface area contributed by atoms with Gasteiger partial charge in [-0.1, -0.05) is 25.3 Å². The Bertz CT molecular complexity index is 535. The molecule has 3 rings (SSSR count). The molecule has 1 N–H and O–H groups in total. The van der Waals surface area contributed by atoms with Crippen LogP contribution < -0.4 is 0 Å². The highest BCUT2D eigenvalue weighted by molar-refractivity contribution is 5.87. The van der Waals surface area contributed by atoms with E-state index in [0.29, 0.717) is 11.7 Å². The van der Waals surface area contributed by atoms with Crippen LogP contribution in [0.25, 0.3) is 10.9 Å². The first-order valence-corrected chi connectivity index (χ1v) is 6.54. The van der Waals surface area contributed by atoms with E-state index in [2.05, 4.69) is 23.7 Å². The monoisotopic (exact) mass is 229 g/mol. The normalized spacial score (nSPS) is 17.7. The maximum Gasteiger partial charge on any atom is 0.124 e.